The summed E-state index contributed by atoms with van der Waals surface area (Å²) in [6.45, 7) is 5.04. The van der Waals surface area contributed by atoms with Crippen molar-refractivity contribution >= 4 is 0 Å². The fourth-order valence-electron chi connectivity index (χ4n) is 2.14. The number of aromatic nitrogens is 5. The highest BCUT2D eigenvalue weighted by atomic mass is 15.3. The van der Waals surface area contributed by atoms with Gasteiger partial charge in [0.15, 0.2) is 0 Å². The average Bonchev–Trinajstić information content (AvgIpc) is 3.06. The molecule has 0 spiro atoms. The zero-order chi connectivity index (χ0) is 13.2. The molecule has 0 amide bonds. The van der Waals surface area contributed by atoms with Crippen LogP contribution in [0.5, 0.6) is 0 Å². The maximum atomic E-state index is 4.38. The second kappa shape index (κ2) is 4.68. The number of nitrogens with zero attached hydrogens (tertiary/aromatic N) is 5. The Hall–Kier alpha value is -2.43. The van der Waals surface area contributed by atoms with E-state index in [1.54, 1.807) is 12.4 Å². The second-order valence-corrected chi connectivity index (χ2v) is 4.34. The van der Waals surface area contributed by atoms with Crippen molar-refractivity contribution in [2.24, 2.45) is 0 Å². The maximum absolute atomic E-state index is 4.38. The van der Waals surface area contributed by atoms with Crippen LogP contribution in [0.15, 0.2) is 43.1 Å². The average molecular weight is 253 g/mol. The fourth-order valence-corrected chi connectivity index (χ4v) is 2.14. The van der Waals surface area contributed by atoms with Gasteiger partial charge in [0.25, 0.3) is 0 Å². The molecule has 3 aromatic heterocycles. The largest absolute Gasteiger partial charge is 0.270 e. The molecule has 0 aromatic carbocycles. The van der Waals surface area contributed by atoms with Gasteiger partial charge in [-0.3, -0.25) is 9.67 Å². The van der Waals surface area contributed by atoms with E-state index in [1.807, 2.05) is 40.1 Å². The standard InChI is InChI=1S/C14H15N5/c1-3-18-11(2)14(9-17-18)12-7-16-19(10-12)13-5-4-6-15-8-13/h4-10H,3H2,1-2H3. The van der Waals surface area contributed by atoms with Crippen molar-refractivity contribution in [3.63, 3.8) is 0 Å². The molecule has 0 unspecified atom stereocenters. The molecule has 0 saturated carbocycles. The zero-order valence-electron chi connectivity index (χ0n) is 11.0. The lowest BCUT2D eigenvalue weighted by Gasteiger charge is -2.00. The second-order valence-electron chi connectivity index (χ2n) is 4.34. The van der Waals surface area contributed by atoms with E-state index in [1.165, 1.54) is 0 Å². The lowest BCUT2D eigenvalue weighted by molar-refractivity contribution is 0.640. The third kappa shape index (κ3) is 2.03. The number of hydrogen-bond acceptors (Lipinski definition) is 3. The molecule has 0 radical (unpaired) electrons. The van der Waals surface area contributed by atoms with Gasteiger partial charge in [-0.25, -0.2) is 4.68 Å². The molecule has 3 rings (SSSR count). The van der Waals surface area contributed by atoms with E-state index in [0.29, 0.717) is 0 Å². The molecule has 0 aliphatic rings. The van der Waals surface area contributed by atoms with Crippen molar-refractivity contribution in [3.8, 4) is 16.8 Å². The Balaban J connectivity index is 1.99. The lowest BCUT2D eigenvalue weighted by Crippen LogP contribution is -1.98. The molecule has 0 aliphatic carbocycles. The molecular weight excluding hydrogens is 238 g/mol. The van der Waals surface area contributed by atoms with E-state index in [4.69, 9.17) is 0 Å². The number of hydrogen-bond donors (Lipinski definition) is 0. The molecule has 5 nitrogen and oxygen atoms in total. The molecule has 0 fully saturated rings. The van der Waals surface area contributed by atoms with E-state index in [2.05, 4.69) is 29.0 Å². The summed E-state index contributed by atoms with van der Waals surface area (Å²) < 4.78 is 3.81. The van der Waals surface area contributed by atoms with Crippen LogP contribution in [0.3, 0.4) is 0 Å². The summed E-state index contributed by atoms with van der Waals surface area (Å²) in [5.41, 5.74) is 4.31. The minimum absolute atomic E-state index is 0.878. The topological polar surface area (TPSA) is 48.5 Å². The van der Waals surface area contributed by atoms with Crippen LogP contribution < -0.4 is 0 Å². The predicted octanol–water partition coefficient (Wildman–Crippen LogP) is 2.46. The summed E-state index contributed by atoms with van der Waals surface area (Å²) >= 11 is 0. The number of pyridine rings is 1. The monoisotopic (exact) mass is 253 g/mol. The Morgan fingerprint density at radius 2 is 2.05 bits per heavy atom. The molecule has 96 valence electrons. The maximum Gasteiger partial charge on any atom is 0.0828 e. The van der Waals surface area contributed by atoms with Crippen LogP contribution in [-0.2, 0) is 6.54 Å². The predicted molar refractivity (Wildman–Crippen MR) is 73.0 cm³/mol. The Bertz CT molecular complexity index is 681. The van der Waals surface area contributed by atoms with Crippen LogP contribution in [0.1, 0.15) is 12.6 Å². The first-order chi connectivity index (χ1) is 9.29. The number of aryl methyl sites for hydroxylation is 1. The van der Waals surface area contributed by atoms with Gasteiger partial charge in [0.05, 0.1) is 24.3 Å². The van der Waals surface area contributed by atoms with Crippen molar-refractivity contribution in [3.05, 3.63) is 48.8 Å². The first-order valence-electron chi connectivity index (χ1n) is 6.27. The van der Waals surface area contributed by atoms with E-state index in [-0.39, 0.29) is 0 Å². The minimum Gasteiger partial charge on any atom is -0.270 e. The summed E-state index contributed by atoms with van der Waals surface area (Å²) in [6, 6.07) is 3.88. The molecule has 19 heavy (non-hydrogen) atoms. The van der Waals surface area contributed by atoms with E-state index < -0.39 is 0 Å². The highest BCUT2D eigenvalue weighted by molar-refractivity contribution is 5.64. The summed E-state index contributed by atoms with van der Waals surface area (Å²) in [5.74, 6) is 0. The highest BCUT2D eigenvalue weighted by Crippen LogP contribution is 2.23. The van der Waals surface area contributed by atoms with Gasteiger partial charge >= 0.3 is 0 Å². The Kier molecular flexibility index (Phi) is 2.87. The molecular formula is C14H15N5. The van der Waals surface area contributed by atoms with Gasteiger partial charge in [-0.15, -0.1) is 0 Å². The van der Waals surface area contributed by atoms with Crippen molar-refractivity contribution in [2.75, 3.05) is 0 Å². The van der Waals surface area contributed by atoms with Gasteiger partial charge < -0.3 is 0 Å². The van der Waals surface area contributed by atoms with Crippen LogP contribution in [0, 0.1) is 6.92 Å². The Morgan fingerprint density at radius 1 is 1.16 bits per heavy atom. The molecule has 0 atom stereocenters. The summed E-state index contributed by atoms with van der Waals surface area (Å²) in [5, 5.41) is 8.74. The molecule has 0 bridgehead atoms. The Morgan fingerprint density at radius 3 is 2.74 bits per heavy atom. The Labute approximate surface area is 111 Å². The summed E-state index contributed by atoms with van der Waals surface area (Å²) in [6.07, 6.45) is 9.30. The van der Waals surface area contributed by atoms with Gasteiger partial charge in [-0.2, -0.15) is 10.2 Å². The summed E-state index contributed by atoms with van der Waals surface area (Å²) in [4.78, 5) is 4.10. The van der Waals surface area contributed by atoms with Crippen LogP contribution in [0.2, 0.25) is 0 Å². The van der Waals surface area contributed by atoms with Crippen molar-refractivity contribution in [2.45, 2.75) is 20.4 Å². The van der Waals surface area contributed by atoms with Gasteiger partial charge in [-0.05, 0) is 26.0 Å². The number of rotatable bonds is 3. The van der Waals surface area contributed by atoms with E-state index >= 15 is 0 Å². The molecule has 0 saturated heterocycles. The first-order valence-corrected chi connectivity index (χ1v) is 6.27. The molecule has 3 heterocycles. The quantitative estimate of drug-likeness (QED) is 0.720. The van der Waals surface area contributed by atoms with Crippen molar-refractivity contribution in [1.82, 2.24) is 24.5 Å². The van der Waals surface area contributed by atoms with Gasteiger partial charge in [0.1, 0.15) is 0 Å². The highest BCUT2D eigenvalue weighted by Gasteiger charge is 2.10. The van der Waals surface area contributed by atoms with Crippen LogP contribution >= 0.6 is 0 Å². The molecule has 3 aromatic rings. The van der Waals surface area contributed by atoms with E-state index in [9.17, 15) is 0 Å². The molecule has 0 N–H and O–H groups in total. The van der Waals surface area contributed by atoms with Crippen LogP contribution in [0.4, 0.5) is 0 Å². The lowest BCUT2D eigenvalue weighted by atomic mass is 10.1. The summed E-state index contributed by atoms with van der Waals surface area (Å²) in [7, 11) is 0. The van der Waals surface area contributed by atoms with Crippen LogP contribution in [-0.4, -0.2) is 24.5 Å². The van der Waals surface area contributed by atoms with Gasteiger partial charge in [0, 0.05) is 35.8 Å². The zero-order valence-corrected chi connectivity index (χ0v) is 11.0. The minimum atomic E-state index is 0.878. The fraction of sp³-hybridized carbons (Fsp3) is 0.214. The van der Waals surface area contributed by atoms with Crippen molar-refractivity contribution < 1.29 is 0 Å². The van der Waals surface area contributed by atoms with Crippen LogP contribution in [0.25, 0.3) is 16.8 Å². The third-order valence-corrected chi connectivity index (χ3v) is 3.21. The molecule has 5 heteroatoms. The third-order valence-electron chi connectivity index (χ3n) is 3.21. The van der Waals surface area contributed by atoms with Crippen molar-refractivity contribution in [1.29, 1.82) is 0 Å². The molecule has 0 aliphatic heterocycles. The first kappa shape index (κ1) is 11.6. The SMILES string of the molecule is CCn1ncc(-c2cnn(-c3cccnc3)c2)c1C. The van der Waals surface area contributed by atoms with E-state index in [0.717, 1.165) is 29.1 Å². The normalized spacial score (nSPS) is 10.8. The smallest absolute Gasteiger partial charge is 0.0828 e. The van der Waals surface area contributed by atoms with Gasteiger partial charge in [-0.1, -0.05) is 0 Å². The van der Waals surface area contributed by atoms with Gasteiger partial charge in [0.2, 0.25) is 0 Å².